The Balaban J connectivity index is 1.59. The second-order valence-electron chi connectivity index (χ2n) is 7.00. The van der Waals surface area contributed by atoms with Crippen molar-refractivity contribution in [3.8, 4) is 11.3 Å². The lowest BCUT2D eigenvalue weighted by molar-refractivity contribution is -0.123. The number of furan rings is 1. The highest BCUT2D eigenvalue weighted by Gasteiger charge is 2.36. The van der Waals surface area contributed by atoms with Crippen LogP contribution in [0.1, 0.15) is 27.2 Å². The highest BCUT2D eigenvalue weighted by molar-refractivity contribution is 8.18. The molecule has 1 aromatic heterocycles. The third-order valence-electron chi connectivity index (χ3n) is 4.90. The van der Waals surface area contributed by atoms with Gasteiger partial charge >= 0.3 is 5.97 Å². The van der Waals surface area contributed by atoms with Gasteiger partial charge in [-0.25, -0.2) is 4.79 Å². The number of rotatable bonds is 5. The van der Waals surface area contributed by atoms with Crippen LogP contribution in [0.3, 0.4) is 0 Å². The third-order valence-corrected chi connectivity index (χ3v) is 6.52. The number of hydrogen-bond acceptors (Lipinski definition) is 5. The molecule has 162 valence electrons. The Morgan fingerprint density at radius 1 is 1.12 bits per heavy atom. The van der Waals surface area contributed by atoms with Crippen molar-refractivity contribution in [2.75, 3.05) is 0 Å². The molecule has 2 aromatic carbocycles. The summed E-state index contributed by atoms with van der Waals surface area (Å²) in [6.45, 7) is 1.81. The van der Waals surface area contributed by atoms with Gasteiger partial charge in [0.1, 0.15) is 11.5 Å². The van der Waals surface area contributed by atoms with E-state index < -0.39 is 17.1 Å². The number of nitrogens with zero attached hydrogens (tertiary/aromatic N) is 1. The van der Waals surface area contributed by atoms with E-state index in [2.05, 4.69) is 0 Å². The maximum Gasteiger partial charge on any atom is 0.335 e. The lowest BCUT2D eigenvalue weighted by Crippen LogP contribution is -2.27. The average molecular weight is 488 g/mol. The van der Waals surface area contributed by atoms with Gasteiger partial charge in [-0.2, -0.15) is 0 Å². The van der Waals surface area contributed by atoms with Crippen molar-refractivity contribution in [2.24, 2.45) is 0 Å². The minimum atomic E-state index is -1.04. The van der Waals surface area contributed by atoms with E-state index in [-0.39, 0.29) is 17.0 Å². The molecule has 1 N–H and O–H groups in total. The van der Waals surface area contributed by atoms with Gasteiger partial charge in [-0.1, -0.05) is 35.3 Å². The SMILES string of the molecule is Cc1ccc(C(=O)O)cc1-c1ccc(/C=C2/SC(=O)N(Cc3c(Cl)cccc3Cl)C2=O)o1. The molecule has 9 heteroatoms. The average Bonchev–Trinajstić information content (AvgIpc) is 3.30. The predicted octanol–water partition coefficient (Wildman–Crippen LogP) is 6.50. The van der Waals surface area contributed by atoms with Crippen molar-refractivity contribution in [3.63, 3.8) is 0 Å². The molecule has 0 aliphatic carbocycles. The molecule has 1 aliphatic heterocycles. The predicted molar refractivity (Wildman–Crippen MR) is 124 cm³/mol. The van der Waals surface area contributed by atoms with Crippen LogP contribution in [0.15, 0.2) is 57.9 Å². The quantitative estimate of drug-likeness (QED) is 0.413. The Morgan fingerprint density at radius 2 is 1.84 bits per heavy atom. The largest absolute Gasteiger partial charge is 0.478 e. The van der Waals surface area contributed by atoms with E-state index in [1.165, 1.54) is 18.2 Å². The standard InChI is InChI=1S/C23H15Cl2NO5S/c1-12-5-6-13(22(28)29)9-15(12)19-8-7-14(31-19)10-20-21(27)26(23(30)32-20)11-16-17(24)3-2-4-18(16)25/h2-10H,11H2,1H3,(H,28,29)/b20-10+. The number of amides is 2. The van der Waals surface area contributed by atoms with E-state index in [0.29, 0.717) is 32.7 Å². The molecule has 1 aliphatic rings. The number of carbonyl (C=O) groups is 3. The van der Waals surface area contributed by atoms with Crippen LogP contribution in [0, 0.1) is 6.92 Å². The molecule has 3 aromatic rings. The summed E-state index contributed by atoms with van der Waals surface area (Å²) in [5.74, 6) is -0.691. The van der Waals surface area contributed by atoms with Crippen molar-refractivity contribution < 1.29 is 23.9 Å². The Labute approximate surface area is 197 Å². The Bertz CT molecular complexity index is 1280. The Kier molecular flexibility index (Phi) is 6.15. The van der Waals surface area contributed by atoms with Gasteiger partial charge in [0.05, 0.1) is 17.0 Å². The lowest BCUT2D eigenvalue weighted by Gasteiger charge is -2.14. The van der Waals surface area contributed by atoms with Gasteiger partial charge in [-0.05, 0) is 60.6 Å². The zero-order chi connectivity index (χ0) is 23.0. The van der Waals surface area contributed by atoms with Crippen molar-refractivity contribution >= 4 is 58.2 Å². The van der Waals surface area contributed by atoms with Crippen molar-refractivity contribution in [2.45, 2.75) is 13.5 Å². The molecule has 1 saturated heterocycles. The van der Waals surface area contributed by atoms with Crippen LogP contribution in [0.2, 0.25) is 10.0 Å². The van der Waals surface area contributed by atoms with Crippen LogP contribution in [0.25, 0.3) is 17.4 Å². The van der Waals surface area contributed by atoms with E-state index in [9.17, 15) is 19.5 Å². The topological polar surface area (TPSA) is 87.8 Å². The van der Waals surface area contributed by atoms with Gasteiger partial charge in [-0.3, -0.25) is 14.5 Å². The number of imide groups is 1. The molecule has 4 rings (SSSR count). The van der Waals surface area contributed by atoms with Gasteiger partial charge in [0, 0.05) is 27.2 Å². The summed E-state index contributed by atoms with van der Waals surface area (Å²) in [7, 11) is 0. The highest BCUT2D eigenvalue weighted by atomic mass is 35.5. The molecule has 0 spiro atoms. The van der Waals surface area contributed by atoms with Crippen molar-refractivity contribution in [1.29, 1.82) is 0 Å². The van der Waals surface area contributed by atoms with E-state index >= 15 is 0 Å². The van der Waals surface area contributed by atoms with Crippen LogP contribution < -0.4 is 0 Å². The number of hydrogen-bond donors (Lipinski definition) is 1. The summed E-state index contributed by atoms with van der Waals surface area (Å²) in [5.41, 5.74) is 2.11. The van der Waals surface area contributed by atoms with Gasteiger partial charge in [0.2, 0.25) is 0 Å². The van der Waals surface area contributed by atoms with Gasteiger partial charge in [-0.15, -0.1) is 0 Å². The minimum absolute atomic E-state index is 0.0366. The molecule has 0 radical (unpaired) electrons. The van der Waals surface area contributed by atoms with Gasteiger partial charge in [0.15, 0.2) is 0 Å². The van der Waals surface area contributed by atoms with Crippen molar-refractivity contribution in [1.82, 2.24) is 4.90 Å². The number of carbonyl (C=O) groups excluding carboxylic acids is 2. The molecule has 0 unspecified atom stereocenters. The number of aryl methyl sites for hydroxylation is 1. The summed E-state index contributed by atoms with van der Waals surface area (Å²) in [6, 6.07) is 13.1. The zero-order valence-corrected chi connectivity index (χ0v) is 18.9. The number of halogens is 2. The maximum atomic E-state index is 12.8. The highest BCUT2D eigenvalue weighted by Crippen LogP contribution is 2.36. The fraction of sp³-hybridized carbons (Fsp3) is 0.0870. The zero-order valence-electron chi connectivity index (χ0n) is 16.6. The number of benzene rings is 2. The van der Waals surface area contributed by atoms with E-state index in [1.807, 2.05) is 6.92 Å². The molecule has 6 nitrogen and oxygen atoms in total. The monoisotopic (exact) mass is 487 g/mol. The van der Waals surface area contributed by atoms with Gasteiger partial charge in [0.25, 0.3) is 11.1 Å². The molecule has 1 fully saturated rings. The summed E-state index contributed by atoms with van der Waals surface area (Å²) >= 11 is 13.1. The smallest absolute Gasteiger partial charge is 0.335 e. The van der Waals surface area contributed by atoms with E-state index in [0.717, 1.165) is 22.2 Å². The molecular formula is C23H15Cl2NO5S. The molecular weight excluding hydrogens is 473 g/mol. The Hall–Kier alpha value is -3.00. The summed E-state index contributed by atoms with van der Waals surface area (Å²) in [6.07, 6.45) is 1.49. The number of aromatic carboxylic acids is 1. The first-order valence-electron chi connectivity index (χ1n) is 9.37. The summed E-state index contributed by atoms with van der Waals surface area (Å²) in [4.78, 5) is 37.8. The molecule has 0 saturated carbocycles. The number of carboxylic acids is 1. The second-order valence-corrected chi connectivity index (χ2v) is 8.81. The van der Waals surface area contributed by atoms with E-state index in [4.69, 9.17) is 27.6 Å². The Morgan fingerprint density at radius 3 is 2.53 bits per heavy atom. The first-order valence-corrected chi connectivity index (χ1v) is 10.9. The van der Waals surface area contributed by atoms with Gasteiger partial charge < -0.3 is 9.52 Å². The molecule has 0 atom stereocenters. The lowest BCUT2D eigenvalue weighted by atomic mass is 10.0. The normalized spacial score (nSPS) is 15.1. The molecule has 2 heterocycles. The molecule has 32 heavy (non-hydrogen) atoms. The summed E-state index contributed by atoms with van der Waals surface area (Å²) < 4.78 is 5.82. The van der Waals surface area contributed by atoms with Crippen molar-refractivity contribution in [3.05, 3.63) is 85.9 Å². The van der Waals surface area contributed by atoms with Crippen LogP contribution in [-0.2, 0) is 11.3 Å². The fourth-order valence-corrected chi connectivity index (χ4v) is 4.54. The molecule has 0 bridgehead atoms. The second kappa shape index (κ2) is 8.86. The first kappa shape index (κ1) is 22.2. The van der Waals surface area contributed by atoms with Crippen LogP contribution >= 0.6 is 35.0 Å². The fourth-order valence-electron chi connectivity index (χ4n) is 3.20. The number of thioether (sulfide) groups is 1. The number of carboxylic acid groups (broad SMARTS) is 1. The molecule has 2 amide bonds. The van der Waals surface area contributed by atoms with Crippen LogP contribution in [-0.4, -0.2) is 27.1 Å². The third kappa shape index (κ3) is 4.32. The maximum absolute atomic E-state index is 12.8. The van der Waals surface area contributed by atoms with Crippen LogP contribution in [0.4, 0.5) is 4.79 Å². The van der Waals surface area contributed by atoms with Crippen LogP contribution in [0.5, 0.6) is 0 Å². The summed E-state index contributed by atoms with van der Waals surface area (Å²) in [5, 5.41) is 9.53. The first-order chi connectivity index (χ1) is 15.2. The minimum Gasteiger partial charge on any atom is -0.478 e. The van der Waals surface area contributed by atoms with E-state index in [1.54, 1.807) is 36.4 Å².